The van der Waals surface area contributed by atoms with Crippen LogP contribution in [0.3, 0.4) is 0 Å². The zero-order valence-electron chi connectivity index (χ0n) is 8.03. The topological polar surface area (TPSA) is 0 Å². The van der Waals surface area contributed by atoms with Gasteiger partial charge in [0.1, 0.15) is 0 Å². The number of benzene rings is 2. The second-order valence-electron chi connectivity index (χ2n) is 3.29. The van der Waals surface area contributed by atoms with E-state index < -0.39 is 0 Å². The molecule has 2 rings (SSSR count). The van der Waals surface area contributed by atoms with Crippen LogP contribution in [0.25, 0.3) is 0 Å². The minimum Gasteiger partial charge on any atom is -0.113 e. The van der Waals surface area contributed by atoms with E-state index in [1.54, 1.807) is 0 Å². The van der Waals surface area contributed by atoms with E-state index in [0.29, 0.717) is 0 Å². The van der Waals surface area contributed by atoms with Gasteiger partial charge in [0, 0.05) is 3.57 Å². The second-order valence-corrected chi connectivity index (χ2v) is 4.89. The summed E-state index contributed by atoms with van der Waals surface area (Å²) >= 11 is 8.75. The summed E-state index contributed by atoms with van der Waals surface area (Å²) < 4.78 is 1.21. The van der Waals surface area contributed by atoms with Crippen LogP contribution < -0.4 is 0 Å². The van der Waals surface area contributed by atoms with Crippen molar-refractivity contribution in [3.8, 4) is 0 Å². The second kappa shape index (κ2) is 4.99. The van der Waals surface area contributed by atoms with Gasteiger partial charge in [0.2, 0.25) is 0 Å². The van der Waals surface area contributed by atoms with Gasteiger partial charge in [0.05, 0.1) is 5.38 Å². The van der Waals surface area contributed by atoms with Crippen LogP contribution in [0.5, 0.6) is 0 Å². The molecule has 0 heterocycles. The SMILES string of the molecule is ClC(c1ccccc1)c1ccccc1I. The lowest BCUT2D eigenvalue weighted by molar-refractivity contribution is 1.13. The smallest absolute Gasteiger partial charge is 0.0845 e. The van der Waals surface area contributed by atoms with Crippen molar-refractivity contribution in [1.82, 2.24) is 0 Å². The molecule has 0 fully saturated rings. The molecule has 0 amide bonds. The van der Waals surface area contributed by atoms with Crippen LogP contribution in [0.2, 0.25) is 0 Å². The Balaban J connectivity index is 2.37. The quantitative estimate of drug-likeness (QED) is 0.557. The number of alkyl halides is 1. The summed E-state index contributed by atoms with van der Waals surface area (Å²) in [5.74, 6) is 0. The average molecular weight is 329 g/mol. The summed E-state index contributed by atoms with van der Waals surface area (Å²) in [6, 6.07) is 18.3. The third-order valence-electron chi connectivity index (χ3n) is 2.27. The first-order valence-corrected chi connectivity index (χ1v) is 6.24. The predicted molar refractivity (Wildman–Crippen MR) is 73.3 cm³/mol. The Morgan fingerprint density at radius 2 is 1.47 bits per heavy atom. The molecule has 0 N–H and O–H groups in total. The van der Waals surface area contributed by atoms with Gasteiger partial charge in [-0.25, -0.2) is 0 Å². The molecule has 0 saturated carbocycles. The Labute approximate surface area is 108 Å². The van der Waals surface area contributed by atoms with E-state index in [9.17, 15) is 0 Å². The zero-order valence-corrected chi connectivity index (χ0v) is 10.9. The van der Waals surface area contributed by atoms with Crippen molar-refractivity contribution in [1.29, 1.82) is 0 Å². The number of hydrogen-bond acceptors (Lipinski definition) is 0. The van der Waals surface area contributed by atoms with Crippen molar-refractivity contribution in [2.75, 3.05) is 0 Å². The predicted octanol–water partition coefficient (Wildman–Crippen LogP) is 4.62. The Morgan fingerprint density at radius 3 is 2.13 bits per heavy atom. The lowest BCUT2D eigenvalue weighted by Crippen LogP contribution is -1.95. The van der Waals surface area contributed by atoms with Crippen LogP contribution in [-0.4, -0.2) is 0 Å². The van der Waals surface area contributed by atoms with Crippen LogP contribution in [0.4, 0.5) is 0 Å². The van der Waals surface area contributed by atoms with Gasteiger partial charge in [-0.15, -0.1) is 11.6 Å². The summed E-state index contributed by atoms with van der Waals surface area (Å²) in [5.41, 5.74) is 2.31. The van der Waals surface area contributed by atoms with Crippen LogP contribution >= 0.6 is 34.2 Å². The summed E-state index contributed by atoms with van der Waals surface area (Å²) in [5, 5.41) is -0.0562. The van der Waals surface area contributed by atoms with Crippen molar-refractivity contribution in [3.63, 3.8) is 0 Å². The average Bonchev–Trinajstić information content (AvgIpc) is 2.30. The number of rotatable bonds is 2. The molecular weight excluding hydrogens is 318 g/mol. The fourth-order valence-electron chi connectivity index (χ4n) is 1.48. The van der Waals surface area contributed by atoms with Gasteiger partial charge in [0.15, 0.2) is 0 Å². The van der Waals surface area contributed by atoms with E-state index in [1.807, 2.05) is 30.3 Å². The van der Waals surface area contributed by atoms with Gasteiger partial charge in [-0.3, -0.25) is 0 Å². The molecule has 0 aliphatic rings. The highest BCUT2D eigenvalue weighted by molar-refractivity contribution is 14.1. The van der Waals surface area contributed by atoms with E-state index in [1.165, 1.54) is 9.13 Å². The molecule has 0 aromatic heterocycles. The summed E-state index contributed by atoms with van der Waals surface area (Å²) in [6.07, 6.45) is 0. The van der Waals surface area contributed by atoms with Gasteiger partial charge in [0.25, 0.3) is 0 Å². The lowest BCUT2D eigenvalue weighted by Gasteiger charge is -2.11. The maximum Gasteiger partial charge on any atom is 0.0845 e. The van der Waals surface area contributed by atoms with E-state index in [0.717, 1.165) is 5.56 Å². The van der Waals surface area contributed by atoms with E-state index >= 15 is 0 Å². The fourth-order valence-corrected chi connectivity index (χ4v) is 2.70. The maximum atomic E-state index is 6.43. The molecule has 15 heavy (non-hydrogen) atoms. The third-order valence-corrected chi connectivity index (χ3v) is 3.74. The highest BCUT2D eigenvalue weighted by Gasteiger charge is 2.12. The van der Waals surface area contributed by atoms with Gasteiger partial charge in [-0.05, 0) is 39.8 Å². The van der Waals surface area contributed by atoms with Crippen molar-refractivity contribution in [2.45, 2.75) is 5.38 Å². The molecule has 2 aromatic rings. The lowest BCUT2D eigenvalue weighted by atomic mass is 10.0. The molecule has 1 atom stereocenters. The van der Waals surface area contributed by atoms with Crippen molar-refractivity contribution in [2.24, 2.45) is 0 Å². The first kappa shape index (κ1) is 11.0. The fraction of sp³-hybridized carbons (Fsp3) is 0.0769. The molecule has 2 aromatic carbocycles. The largest absolute Gasteiger partial charge is 0.113 e. The number of halogens is 2. The molecule has 0 saturated heterocycles. The minimum atomic E-state index is -0.0562. The van der Waals surface area contributed by atoms with Gasteiger partial charge < -0.3 is 0 Å². The Bertz CT molecular complexity index is 439. The molecule has 1 unspecified atom stereocenters. The molecule has 0 spiro atoms. The van der Waals surface area contributed by atoms with Gasteiger partial charge >= 0.3 is 0 Å². The van der Waals surface area contributed by atoms with Crippen molar-refractivity contribution < 1.29 is 0 Å². The van der Waals surface area contributed by atoms with E-state index in [2.05, 4.69) is 46.9 Å². The molecule has 2 heteroatoms. The normalized spacial score (nSPS) is 12.4. The number of hydrogen-bond donors (Lipinski definition) is 0. The van der Waals surface area contributed by atoms with Crippen LogP contribution in [0.15, 0.2) is 54.6 Å². The molecule has 0 aliphatic carbocycles. The highest BCUT2D eigenvalue weighted by Crippen LogP contribution is 2.31. The first-order valence-electron chi connectivity index (χ1n) is 4.72. The summed E-state index contributed by atoms with van der Waals surface area (Å²) in [6.45, 7) is 0. The molecule has 0 radical (unpaired) electrons. The standard InChI is InChI=1S/C13H10ClI/c14-13(10-6-2-1-3-7-10)11-8-4-5-9-12(11)15/h1-9,13H. The van der Waals surface area contributed by atoms with Crippen LogP contribution in [0.1, 0.15) is 16.5 Å². The zero-order chi connectivity index (χ0) is 10.7. The first-order chi connectivity index (χ1) is 7.29. The van der Waals surface area contributed by atoms with Crippen LogP contribution in [-0.2, 0) is 0 Å². The van der Waals surface area contributed by atoms with Gasteiger partial charge in [-0.1, -0.05) is 48.5 Å². The molecule has 0 nitrogen and oxygen atoms in total. The minimum absolute atomic E-state index is 0.0562. The molecular formula is C13H10ClI. The Hall–Kier alpha value is -0.540. The third kappa shape index (κ3) is 2.52. The Morgan fingerprint density at radius 1 is 0.867 bits per heavy atom. The highest BCUT2D eigenvalue weighted by atomic mass is 127. The summed E-state index contributed by atoms with van der Waals surface area (Å²) in [7, 11) is 0. The van der Waals surface area contributed by atoms with E-state index in [-0.39, 0.29) is 5.38 Å². The van der Waals surface area contributed by atoms with Crippen LogP contribution in [0, 0.1) is 3.57 Å². The van der Waals surface area contributed by atoms with Crippen molar-refractivity contribution in [3.05, 3.63) is 69.3 Å². The molecule has 0 bridgehead atoms. The van der Waals surface area contributed by atoms with Crippen molar-refractivity contribution >= 4 is 34.2 Å². The monoisotopic (exact) mass is 328 g/mol. The maximum absolute atomic E-state index is 6.43. The molecule has 76 valence electrons. The Kier molecular flexibility index (Phi) is 3.65. The molecule has 0 aliphatic heterocycles. The van der Waals surface area contributed by atoms with E-state index in [4.69, 9.17) is 11.6 Å². The summed E-state index contributed by atoms with van der Waals surface area (Å²) in [4.78, 5) is 0. The van der Waals surface area contributed by atoms with Gasteiger partial charge in [-0.2, -0.15) is 0 Å².